The van der Waals surface area contributed by atoms with Gasteiger partial charge in [-0.05, 0) is 31.0 Å². The Labute approximate surface area is 185 Å². The molecule has 0 aliphatic carbocycles. The van der Waals surface area contributed by atoms with Crippen LogP contribution in [0.2, 0.25) is 0 Å². The number of methoxy groups -OCH3 is 1. The van der Waals surface area contributed by atoms with Gasteiger partial charge in [-0.3, -0.25) is 0 Å². The largest absolute Gasteiger partial charge is 0.464 e. The molecule has 9 nitrogen and oxygen atoms in total. The van der Waals surface area contributed by atoms with Crippen LogP contribution in [0.3, 0.4) is 0 Å². The van der Waals surface area contributed by atoms with Crippen LogP contribution >= 0.6 is 0 Å². The summed E-state index contributed by atoms with van der Waals surface area (Å²) < 4.78 is 9.88. The third-order valence-electron chi connectivity index (χ3n) is 4.70. The van der Waals surface area contributed by atoms with E-state index in [2.05, 4.69) is 20.5 Å². The lowest BCUT2D eigenvalue weighted by Crippen LogP contribution is -2.20. The fourth-order valence-corrected chi connectivity index (χ4v) is 3.05. The van der Waals surface area contributed by atoms with E-state index in [-0.39, 0.29) is 12.3 Å². The first-order valence-corrected chi connectivity index (χ1v) is 9.80. The van der Waals surface area contributed by atoms with Crippen LogP contribution in [0.25, 0.3) is 11.4 Å². The molecular weight excluding hydrogens is 412 g/mol. The quantitative estimate of drug-likeness (QED) is 0.300. The first-order chi connectivity index (χ1) is 15.4. The van der Waals surface area contributed by atoms with Crippen LogP contribution < -0.4 is 0 Å². The Bertz CT molecular complexity index is 1170. The third kappa shape index (κ3) is 5.18. The highest BCUT2D eigenvalue weighted by atomic mass is 16.6. The predicted molar refractivity (Wildman–Crippen MR) is 118 cm³/mol. The van der Waals surface area contributed by atoms with Crippen molar-refractivity contribution in [3.8, 4) is 11.4 Å². The summed E-state index contributed by atoms with van der Waals surface area (Å²) in [6, 6.07) is 13.1. The molecule has 3 rings (SSSR count). The zero-order valence-electron chi connectivity index (χ0n) is 18.6. The van der Waals surface area contributed by atoms with Crippen molar-refractivity contribution in [3.05, 3.63) is 70.6 Å². The van der Waals surface area contributed by atoms with Crippen LogP contribution in [0.5, 0.6) is 0 Å². The maximum atomic E-state index is 12.2. The van der Waals surface area contributed by atoms with Crippen molar-refractivity contribution < 1.29 is 23.7 Å². The number of aromatic nitrogens is 2. The summed E-state index contributed by atoms with van der Waals surface area (Å²) in [6.07, 6.45) is 0. The van der Waals surface area contributed by atoms with Gasteiger partial charge in [-0.2, -0.15) is 4.98 Å². The number of benzene rings is 2. The molecule has 0 spiro atoms. The van der Waals surface area contributed by atoms with Crippen molar-refractivity contribution in [3.63, 3.8) is 0 Å². The van der Waals surface area contributed by atoms with Crippen LogP contribution in [0.1, 0.15) is 35.1 Å². The van der Waals surface area contributed by atoms with Crippen molar-refractivity contribution in [2.24, 2.45) is 10.3 Å². The van der Waals surface area contributed by atoms with Crippen molar-refractivity contribution in [1.29, 1.82) is 0 Å². The second kappa shape index (κ2) is 10.3. The van der Waals surface area contributed by atoms with E-state index in [1.54, 1.807) is 13.0 Å². The van der Waals surface area contributed by atoms with Gasteiger partial charge in [-0.15, -0.1) is 0 Å². The predicted octanol–water partition coefficient (Wildman–Crippen LogP) is 3.82. The van der Waals surface area contributed by atoms with Gasteiger partial charge in [0.25, 0.3) is 0 Å². The van der Waals surface area contributed by atoms with Gasteiger partial charge in [0, 0.05) is 23.6 Å². The van der Waals surface area contributed by atoms with E-state index in [9.17, 15) is 4.79 Å². The number of hydrogen-bond donors (Lipinski definition) is 0. The van der Waals surface area contributed by atoms with E-state index in [4.69, 9.17) is 18.9 Å². The van der Waals surface area contributed by atoms with Crippen LogP contribution in [-0.2, 0) is 25.8 Å². The molecule has 166 valence electrons. The number of esters is 1. The molecule has 0 saturated heterocycles. The molecule has 0 saturated carbocycles. The Balaban J connectivity index is 1.82. The number of rotatable bonds is 8. The second-order valence-electron chi connectivity index (χ2n) is 6.88. The highest BCUT2D eigenvalue weighted by Gasteiger charge is 2.20. The van der Waals surface area contributed by atoms with Gasteiger partial charge in [0.1, 0.15) is 13.7 Å². The number of aryl methyl sites for hydroxylation is 2. The highest BCUT2D eigenvalue weighted by Crippen LogP contribution is 2.20. The molecule has 0 N–H and O–H groups in total. The molecule has 1 heterocycles. The molecule has 0 amide bonds. The molecule has 0 atom stereocenters. The monoisotopic (exact) mass is 436 g/mol. The van der Waals surface area contributed by atoms with Gasteiger partial charge in [0.15, 0.2) is 5.71 Å². The second-order valence-corrected chi connectivity index (χ2v) is 6.88. The molecule has 32 heavy (non-hydrogen) atoms. The number of ether oxygens (including phenoxy) is 1. The van der Waals surface area contributed by atoms with Gasteiger partial charge in [0.05, 0.1) is 12.8 Å². The van der Waals surface area contributed by atoms with Crippen molar-refractivity contribution in [2.75, 3.05) is 14.2 Å². The van der Waals surface area contributed by atoms with Gasteiger partial charge in [-0.25, -0.2) is 4.79 Å². The average molecular weight is 436 g/mol. The molecule has 0 bridgehead atoms. The summed E-state index contributed by atoms with van der Waals surface area (Å²) in [7, 11) is 2.66. The van der Waals surface area contributed by atoms with Crippen LogP contribution in [0.4, 0.5) is 0 Å². The first-order valence-electron chi connectivity index (χ1n) is 9.80. The lowest BCUT2D eigenvalue weighted by Gasteiger charge is -2.12. The smallest absolute Gasteiger partial charge is 0.360 e. The fourth-order valence-electron chi connectivity index (χ4n) is 3.05. The van der Waals surface area contributed by atoms with E-state index >= 15 is 0 Å². The number of carbonyl (C=O) groups excluding carboxylic acids is 1. The summed E-state index contributed by atoms with van der Waals surface area (Å²) in [5.41, 5.74) is 4.61. The van der Waals surface area contributed by atoms with Crippen molar-refractivity contribution in [2.45, 2.75) is 27.4 Å². The van der Waals surface area contributed by atoms with Gasteiger partial charge < -0.3 is 18.9 Å². The molecule has 0 unspecified atom stereocenters. The summed E-state index contributed by atoms with van der Waals surface area (Å²) in [5.74, 6) is 0.402. The van der Waals surface area contributed by atoms with Gasteiger partial charge in [0.2, 0.25) is 11.7 Å². The normalized spacial score (nSPS) is 11.9. The lowest BCUT2D eigenvalue weighted by atomic mass is 9.99. The van der Waals surface area contributed by atoms with Gasteiger partial charge >= 0.3 is 5.97 Å². The fraction of sp³-hybridized carbons (Fsp3) is 0.261. The molecule has 9 heteroatoms. The standard InChI is InChI=1S/C23H24N4O5/c1-14-8-6-11-19(21(26-30-5)23(28)29-4)20(14)13-31-25-15(2)17-9-7-10-18(12-17)22-24-16(3)32-27-22/h6-12H,13H2,1-5H3/b25-15+,26-21+. The summed E-state index contributed by atoms with van der Waals surface area (Å²) >= 11 is 0. The van der Waals surface area contributed by atoms with Crippen LogP contribution in [0.15, 0.2) is 57.3 Å². The SMILES string of the molecule is CO/N=C(/C(=O)OC)c1cccc(C)c1CO/N=C(\C)c1cccc(-c2noc(C)n2)c1. The molecule has 0 aliphatic rings. The van der Waals surface area contributed by atoms with E-state index in [1.165, 1.54) is 14.2 Å². The number of hydrogen-bond acceptors (Lipinski definition) is 9. The Kier molecular flexibility index (Phi) is 7.33. The maximum Gasteiger partial charge on any atom is 0.360 e. The molecule has 2 aromatic carbocycles. The number of oxime groups is 2. The Morgan fingerprint density at radius 3 is 2.56 bits per heavy atom. The maximum absolute atomic E-state index is 12.2. The Morgan fingerprint density at radius 2 is 1.88 bits per heavy atom. The summed E-state index contributed by atoms with van der Waals surface area (Å²) in [4.78, 5) is 26.9. The van der Waals surface area contributed by atoms with Crippen LogP contribution in [-0.4, -0.2) is 41.8 Å². The minimum Gasteiger partial charge on any atom is -0.464 e. The average Bonchev–Trinajstić information content (AvgIpc) is 3.24. The molecule has 0 fully saturated rings. The molecule has 0 aliphatic heterocycles. The zero-order valence-corrected chi connectivity index (χ0v) is 18.6. The van der Waals surface area contributed by atoms with Gasteiger partial charge in [-0.1, -0.05) is 51.9 Å². The number of carbonyl (C=O) groups is 1. The molecule has 3 aromatic rings. The molecule has 1 aromatic heterocycles. The summed E-state index contributed by atoms with van der Waals surface area (Å²) in [6.45, 7) is 5.62. The number of nitrogens with zero attached hydrogens (tertiary/aromatic N) is 4. The van der Waals surface area contributed by atoms with Crippen LogP contribution in [0, 0.1) is 13.8 Å². The van der Waals surface area contributed by atoms with E-state index in [0.29, 0.717) is 23.0 Å². The van der Waals surface area contributed by atoms with Crippen molar-refractivity contribution >= 4 is 17.4 Å². The first kappa shape index (κ1) is 22.7. The Hall–Kier alpha value is -4.01. The van der Waals surface area contributed by atoms with E-state index in [1.807, 2.05) is 50.2 Å². The van der Waals surface area contributed by atoms with Crippen molar-refractivity contribution in [1.82, 2.24) is 10.1 Å². The zero-order chi connectivity index (χ0) is 23.1. The molecule has 0 radical (unpaired) electrons. The summed E-state index contributed by atoms with van der Waals surface area (Å²) in [5, 5.41) is 12.0. The lowest BCUT2D eigenvalue weighted by molar-refractivity contribution is -0.132. The minimum absolute atomic E-state index is 0.0566. The van der Waals surface area contributed by atoms with E-state index in [0.717, 1.165) is 22.3 Å². The topological polar surface area (TPSA) is 108 Å². The van der Waals surface area contributed by atoms with E-state index < -0.39 is 5.97 Å². The molecular formula is C23H24N4O5. The Morgan fingerprint density at radius 1 is 1.09 bits per heavy atom. The highest BCUT2D eigenvalue weighted by molar-refractivity contribution is 6.43. The minimum atomic E-state index is -0.605. The third-order valence-corrected chi connectivity index (χ3v) is 4.70.